The van der Waals surface area contributed by atoms with E-state index in [1.54, 1.807) is 6.20 Å². The predicted octanol–water partition coefficient (Wildman–Crippen LogP) is -3.84. The molecule has 0 amide bonds. The van der Waals surface area contributed by atoms with Gasteiger partial charge in [-0.1, -0.05) is 46.9 Å². The summed E-state index contributed by atoms with van der Waals surface area (Å²) >= 11 is 0. The minimum Gasteiger partial charge on any atom is -1.00 e. The maximum Gasteiger partial charge on any atom is 3.00 e. The topological polar surface area (TPSA) is 32.9 Å². The van der Waals surface area contributed by atoms with Crippen LogP contribution in [0.4, 0.5) is 0 Å². The van der Waals surface area contributed by atoms with Gasteiger partial charge in [-0.25, -0.2) is 0 Å². The molecular weight excluding hydrogens is 373 g/mol. The molecule has 22 heavy (non-hydrogen) atoms. The smallest absolute Gasteiger partial charge is 1.00 e. The average Bonchev–Trinajstić information content (AvgIpc) is 2.54. The molecule has 6 heteroatoms. The van der Waals surface area contributed by atoms with Crippen LogP contribution in [0.5, 0.6) is 0 Å². The number of rotatable bonds is 2. The van der Waals surface area contributed by atoms with Crippen molar-refractivity contribution in [2.75, 3.05) is 0 Å². The van der Waals surface area contributed by atoms with Gasteiger partial charge in [0.15, 0.2) is 0 Å². The van der Waals surface area contributed by atoms with Crippen molar-refractivity contribution in [3.05, 3.63) is 50.9 Å². The van der Waals surface area contributed by atoms with E-state index in [0.29, 0.717) is 0 Å². The van der Waals surface area contributed by atoms with Crippen molar-refractivity contribution < 1.29 is 42.2 Å². The van der Waals surface area contributed by atoms with E-state index in [1.807, 2.05) is 12.1 Å². The quantitative estimate of drug-likeness (QED) is 0.410. The summed E-state index contributed by atoms with van der Waals surface area (Å²) in [6, 6.07) is 3.92. The molecule has 1 aromatic carbocycles. The van der Waals surface area contributed by atoms with Gasteiger partial charge < -0.3 is 29.8 Å². The Balaban J connectivity index is 0. The molecule has 1 heterocycles. The number of hydrogen-bond acceptors (Lipinski definition) is 1. The molecule has 0 spiro atoms. The Kier molecular flexibility index (Phi) is 9.20. The van der Waals surface area contributed by atoms with E-state index >= 15 is 0 Å². The van der Waals surface area contributed by atoms with Crippen LogP contribution in [0.2, 0.25) is 13.1 Å². The number of H-pyrrole nitrogens is 1. The first-order valence-electron chi connectivity index (χ1n) is 6.70. The number of halogens is 2. The Morgan fingerprint density at radius 2 is 1.45 bits per heavy atom. The van der Waals surface area contributed by atoms with E-state index in [4.69, 9.17) is 0 Å². The molecule has 2 aromatic rings. The number of pyridine rings is 1. The van der Waals surface area contributed by atoms with Crippen molar-refractivity contribution in [3.8, 4) is 0 Å². The van der Waals surface area contributed by atoms with Crippen LogP contribution in [0.1, 0.15) is 22.3 Å². The molecule has 0 saturated carbocycles. The molecule has 0 aliphatic rings. The number of nitrogens with one attached hydrogen (secondary N) is 1. The second-order valence-electron chi connectivity index (χ2n) is 5.91. The van der Waals surface area contributed by atoms with Crippen LogP contribution in [0.3, 0.4) is 0 Å². The number of aromatic nitrogens is 1. The SMILES string of the molecule is Cc1c(C)c(C)[c-]([Si](C)(C)c2ccc[nH]c2=O)c1C.[Cl-].[Cl-].[Cr+3]. The van der Waals surface area contributed by atoms with Gasteiger partial charge >= 0.3 is 17.4 Å². The van der Waals surface area contributed by atoms with Crippen molar-refractivity contribution in [1.82, 2.24) is 4.98 Å². The van der Waals surface area contributed by atoms with Crippen molar-refractivity contribution in [1.29, 1.82) is 0 Å². The average molecular weight is 395 g/mol. The first kappa shape index (κ1) is 23.9. The van der Waals surface area contributed by atoms with Crippen molar-refractivity contribution in [2.45, 2.75) is 40.8 Å². The van der Waals surface area contributed by atoms with Gasteiger partial charge in [-0.15, -0.1) is 5.19 Å². The summed E-state index contributed by atoms with van der Waals surface area (Å²) in [6.45, 7) is 13.3. The Bertz CT molecular complexity index is 666. The largest absolute Gasteiger partial charge is 3.00 e. The molecule has 0 atom stereocenters. The standard InChI is InChI=1S/C16H22NOSi.2ClH.Cr/c1-10-11(2)13(4)15(12(10)3)19(5,6)14-8-7-9-17-16(14)18;;;/h7-9H,1-6H3,(H,17,18);2*1H;/q-1;;;+3/p-2. The van der Waals surface area contributed by atoms with Crippen LogP contribution < -0.4 is 40.7 Å². The Hall–Kier alpha value is -0.371. The molecule has 0 aliphatic heterocycles. The second-order valence-corrected chi connectivity index (χ2v) is 10.2. The summed E-state index contributed by atoms with van der Waals surface area (Å²) in [5.41, 5.74) is 5.56. The molecule has 121 valence electrons. The molecule has 0 bridgehead atoms. The predicted molar refractivity (Wildman–Crippen MR) is 84.8 cm³/mol. The first-order chi connectivity index (χ1) is 8.78. The fraction of sp³-hybridized carbons (Fsp3) is 0.375. The Morgan fingerprint density at radius 1 is 1.00 bits per heavy atom. The minimum atomic E-state index is -1.94. The summed E-state index contributed by atoms with van der Waals surface area (Å²) in [6.07, 6.45) is 1.71. The second kappa shape index (κ2) is 8.47. The molecular formula is C16H22Cl2CrNOSi. The maximum absolute atomic E-state index is 12.1. The molecule has 0 unspecified atom stereocenters. The monoisotopic (exact) mass is 394 g/mol. The van der Waals surface area contributed by atoms with Gasteiger partial charge in [-0.05, 0) is 11.3 Å². The van der Waals surface area contributed by atoms with Gasteiger partial charge in [-0.2, -0.15) is 22.3 Å². The van der Waals surface area contributed by atoms with Crippen LogP contribution in [0.25, 0.3) is 0 Å². The first-order valence-corrected chi connectivity index (χ1v) is 9.70. The van der Waals surface area contributed by atoms with Gasteiger partial charge in [0.05, 0.1) is 8.07 Å². The Morgan fingerprint density at radius 3 is 1.86 bits per heavy atom. The van der Waals surface area contributed by atoms with Crippen LogP contribution in [-0.2, 0) is 17.4 Å². The van der Waals surface area contributed by atoms with Crippen LogP contribution in [0, 0.1) is 27.7 Å². The summed E-state index contributed by atoms with van der Waals surface area (Å²) in [7, 11) is -1.94. The van der Waals surface area contributed by atoms with Crippen LogP contribution in [-0.4, -0.2) is 13.1 Å². The van der Waals surface area contributed by atoms with E-state index < -0.39 is 8.07 Å². The molecule has 0 aliphatic carbocycles. The maximum atomic E-state index is 12.1. The van der Waals surface area contributed by atoms with Gasteiger partial charge in [0.25, 0.3) is 0 Å². The van der Waals surface area contributed by atoms with E-state index in [1.165, 1.54) is 27.4 Å². The zero-order chi connectivity index (χ0) is 14.4. The van der Waals surface area contributed by atoms with Gasteiger partial charge in [0.2, 0.25) is 5.56 Å². The Labute approximate surface area is 157 Å². The van der Waals surface area contributed by atoms with Gasteiger partial charge in [-0.3, -0.25) is 4.79 Å². The number of hydrogen-bond donors (Lipinski definition) is 1. The van der Waals surface area contributed by atoms with E-state index in [9.17, 15) is 4.79 Å². The van der Waals surface area contributed by atoms with Crippen molar-refractivity contribution in [2.24, 2.45) is 0 Å². The third kappa shape index (κ3) is 3.75. The molecule has 2 rings (SSSR count). The summed E-state index contributed by atoms with van der Waals surface area (Å²) < 4.78 is 0. The third-order valence-electron chi connectivity index (χ3n) is 4.55. The zero-order valence-electron chi connectivity index (χ0n) is 13.8. The van der Waals surface area contributed by atoms with E-state index in [2.05, 4.69) is 45.8 Å². The molecule has 1 aromatic heterocycles. The number of aromatic amines is 1. The minimum absolute atomic E-state index is 0. The molecule has 0 saturated heterocycles. The summed E-state index contributed by atoms with van der Waals surface area (Å²) in [5, 5.41) is 2.39. The van der Waals surface area contributed by atoms with Crippen molar-refractivity contribution in [3.63, 3.8) is 0 Å². The summed E-state index contributed by atoms with van der Waals surface area (Å²) in [4.78, 5) is 14.9. The van der Waals surface area contributed by atoms with Gasteiger partial charge in [0, 0.05) is 6.20 Å². The van der Waals surface area contributed by atoms with E-state index in [-0.39, 0.29) is 47.7 Å². The molecule has 1 N–H and O–H groups in total. The normalized spacial score (nSPS) is 10.3. The van der Waals surface area contributed by atoms with Crippen LogP contribution in [0.15, 0.2) is 23.1 Å². The molecule has 1 radical (unpaired) electrons. The molecule has 0 fully saturated rings. The van der Waals surface area contributed by atoms with Crippen molar-refractivity contribution >= 4 is 18.4 Å². The summed E-state index contributed by atoms with van der Waals surface area (Å²) in [5.74, 6) is 0. The fourth-order valence-electron chi connectivity index (χ4n) is 3.20. The molecule has 2 nitrogen and oxygen atoms in total. The third-order valence-corrected chi connectivity index (χ3v) is 8.29. The zero-order valence-corrected chi connectivity index (χ0v) is 17.6. The van der Waals surface area contributed by atoms with Gasteiger partial charge in [0.1, 0.15) is 0 Å². The van der Waals surface area contributed by atoms with Crippen LogP contribution >= 0.6 is 0 Å². The van der Waals surface area contributed by atoms with E-state index in [0.717, 1.165) is 5.19 Å². The fourth-order valence-corrected chi connectivity index (χ4v) is 6.88.